The molecule has 2 heterocycles. The van der Waals surface area contributed by atoms with Crippen molar-refractivity contribution in [1.29, 1.82) is 0 Å². The van der Waals surface area contributed by atoms with E-state index in [-0.39, 0.29) is 18.0 Å². The smallest absolute Gasteiger partial charge is 0.311 e. The number of carbonyl (C=O) groups is 1. The third kappa shape index (κ3) is 3.48. The molecule has 0 aliphatic carbocycles. The van der Waals surface area contributed by atoms with Crippen LogP contribution in [-0.2, 0) is 20.9 Å². The number of likely N-dealkylation sites (tertiary alicyclic amines) is 1. The van der Waals surface area contributed by atoms with E-state index in [1.807, 2.05) is 18.2 Å². The van der Waals surface area contributed by atoms with Crippen molar-refractivity contribution < 1.29 is 14.4 Å². The molecule has 2 aliphatic rings. The van der Waals surface area contributed by atoms with Gasteiger partial charge in [0.1, 0.15) is 0 Å². The van der Waals surface area contributed by atoms with Gasteiger partial charge >= 0.3 is 5.97 Å². The number of ether oxygens (including phenoxy) is 1. The van der Waals surface area contributed by atoms with E-state index in [2.05, 4.69) is 46.5 Å². The summed E-state index contributed by atoms with van der Waals surface area (Å²) in [5, 5.41) is 4.28. The molecular weight excluding hydrogens is 328 g/mol. The molecule has 1 unspecified atom stereocenters. The van der Waals surface area contributed by atoms with E-state index in [9.17, 15) is 4.79 Å². The Hall–Kier alpha value is -2.66. The normalized spacial score (nSPS) is 20.2. The maximum atomic E-state index is 11.4. The van der Waals surface area contributed by atoms with E-state index in [4.69, 9.17) is 9.57 Å². The standard InChI is InChI=1S/C21H22N2O3/c1-25-21(24)18-13-23(14-18)12-15-7-9-16(10-8-15)19-11-20(26-22-19)17-5-3-2-4-6-17/h2-10,18,20H,11-14H2,1H3. The first-order chi connectivity index (χ1) is 12.7. The topological polar surface area (TPSA) is 51.1 Å². The van der Waals surface area contributed by atoms with Crippen LogP contribution in [0.3, 0.4) is 0 Å². The number of nitrogens with zero attached hydrogens (tertiary/aromatic N) is 2. The van der Waals surface area contributed by atoms with Crippen molar-refractivity contribution in [2.45, 2.75) is 19.1 Å². The van der Waals surface area contributed by atoms with Gasteiger partial charge in [0, 0.05) is 26.1 Å². The Morgan fingerprint density at radius 1 is 1.15 bits per heavy atom. The van der Waals surface area contributed by atoms with Crippen LogP contribution in [0.1, 0.15) is 29.2 Å². The lowest BCUT2D eigenvalue weighted by Gasteiger charge is -2.37. The zero-order chi connectivity index (χ0) is 17.9. The summed E-state index contributed by atoms with van der Waals surface area (Å²) >= 11 is 0. The summed E-state index contributed by atoms with van der Waals surface area (Å²) < 4.78 is 4.78. The van der Waals surface area contributed by atoms with Crippen LogP contribution in [0, 0.1) is 5.92 Å². The van der Waals surface area contributed by atoms with Gasteiger partial charge in [0.15, 0.2) is 6.10 Å². The van der Waals surface area contributed by atoms with Crippen LogP contribution in [0.2, 0.25) is 0 Å². The van der Waals surface area contributed by atoms with Gasteiger partial charge in [0.2, 0.25) is 0 Å². The van der Waals surface area contributed by atoms with Crippen LogP contribution in [-0.4, -0.2) is 36.8 Å². The second-order valence-electron chi connectivity index (χ2n) is 6.86. The molecule has 5 nitrogen and oxygen atoms in total. The Kier molecular flexibility index (Phi) is 4.71. The average molecular weight is 350 g/mol. The predicted octanol–water partition coefficient (Wildman–Crippen LogP) is 3.16. The van der Waals surface area contributed by atoms with E-state index in [1.165, 1.54) is 12.7 Å². The lowest BCUT2D eigenvalue weighted by molar-refractivity contribution is -0.151. The SMILES string of the molecule is COC(=O)C1CN(Cc2ccc(C3=NOC(c4ccccc4)C3)cc2)C1. The fourth-order valence-electron chi connectivity index (χ4n) is 3.47. The number of rotatable bonds is 5. The fourth-order valence-corrected chi connectivity index (χ4v) is 3.47. The first kappa shape index (κ1) is 16.8. The van der Waals surface area contributed by atoms with E-state index >= 15 is 0 Å². The Labute approximate surface area is 153 Å². The highest BCUT2D eigenvalue weighted by Crippen LogP contribution is 2.29. The zero-order valence-corrected chi connectivity index (χ0v) is 14.8. The number of methoxy groups -OCH3 is 1. The average Bonchev–Trinajstić information content (AvgIpc) is 3.15. The van der Waals surface area contributed by atoms with Crippen LogP contribution in [0.25, 0.3) is 0 Å². The minimum absolute atomic E-state index is 0.00205. The molecule has 0 aromatic heterocycles. The van der Waals surface area contributed by atoms with Crippen molar-refractivity contribution in [3.05, 3.63) is 71.3 Å². The zero-order valence-electron chi connectivity index (χ0n) is 14.8. The third-order valence-corrected chi connectivity index (χ3v) is 5.03. The van der Waals surface area contributed by atoms with Crippen molar-refractivity contribution in [2.75, 3.05) is 20.2 Å². The summed E-state index contributed by atoms with van der Waals surface area (Å²) in [6, 6.07) is 18.6. The second kappa shape index (κ2) is 7.30. The molecule has 0 spiro atoms. The van der Waals surface area contributed by atoms with Gasteiger partial charge in [0.25, 0.3) is 0 Å². The molecule has 0 bridgehead atoms. The number of oxime groups is 1. The van der Waals surface area contributed by atoms with Gasteiger partial charge < -0.3 is 9.57 Å². The van der Waals surface area contributed by atoms with Gasteiger partial charge in [-0.2, -0.15) is 0 Å². The molecule has 5 heteroatoms. The number of benzene rings is 2. The van der Waals surface area contributed by atoms with Gasteiger partial charge in [-0.3, -0.25) is 9.69 Å². The number of hydrogen-bond acceptors (Lipinski definition) is 5. The molecule has 2 aromatic rings. The molecule has 0 saturated carbocycles. The first-order valence-electron chi connectivity index (χ1n) is 8.90. The molecule has 0 radical (unpaired) electrons. The Morgan fingerprint density at radius 3 is 2.58 bits per heavy atom. The lowest BCUT2D eigenvalue weighted by Crippen LogP contribution is -2.49. The first-order valence-corrected chi connectivity index (χ1v) is 8.90. The van der Waals surface area contributed by atoms with Crippen molar-refractivity contribution in [1.82, 2.24) is 4.90 Å². The summed E-state index contributed by atoms with van der Waals surface area (Å²) in [5.41, 5.74) is 4.47. The molecule has 26 heavy (non-hydrogen) atoms. The summed E-state index contributed by atoms with van der Waals surface area (Å²) in [6.45, 7) is 2.39. The molecular formula is C21H22N2O3. The van der Waals surface area contributed by atoms with Gasteiger partial charge in [-0.25, -0.2) is 0 Å². The monoisotopic (exact) mass is 350 g/mol. The molecule has 1 atom stereocenters. The summed E-state index contributed by atoms with van der Waals surface area (Å²) in [6.07, 6.45) is 0.790. The third-order valence-electron chi connectivity index (χ3n) is 5.03. The van der Waals surface area contributed by atoms with Crippen LogP contribution in [0.4, 0.5) is 0 Å². The van der Waals surface area contributed by atoms with Gasteiger partial charge in [0.05, 0.1) is 18.7 Å². The number of esters is 1. The molecule has 1 fully saturated rings. The highest BCUT2D eigenvalue weighted by atomic mass is 16.6. The molecule has 1 saturated heterocycles. The van der Waals surface area contributed by atoms with E-state index in [1.54, 1.807) is 0 Å². The number of carbonyl (C=O) groups excluding carboxylic acids is 1. The van der Waals surface area contributed by atoms with E-state index in [0.717, 1.165) is 42.9 Å². The van der Waals surface area contributed by atoms with Gasteiger partial charge in [-0.15, -0.1) is 0 Å². The largest absolute Gasteiger partial charge is 0.469 e. The second-order valence-corrected chi connectivity index (χ2v) is 6.86. The lowest BCUT2D eigenvalue weighted by atomic mass is 9.98. The summed E-state index contributed by atoms with van der Waals surface area (Å²) in [4.78, 5) is 19.3. The maximum absolute atomic E-state index is 11.4. The minimum atomic E-state index is -0.108. The van der Waals surface area contributed by atoms with Crippen LogP contribution >= 0.6 is 0 Å². The predicted molar refractivity (Wildman–Crippen MR) is 98.6 cm³/mol. The van der Waals surface area contributed by atoms with Gasteiger partial charge in [-0.1, -0.05) is 59.8 Å². The minimum Gasteiger partial charge on any atom is -0.469 e. The Morgan fingerprint density at radius 2 is 1.88 bits per heavy atom. The summed E-state index contributed by atoms with van der Waals surface area (Å²) in [5.74, 6) is -0.0806. The maximum Gasteiger partial charge on any atom is 0.311 e. The van der Waals surface area contributed by atoms with E-state index < -0.39 is 0 Å². The Balaban J connectivity index is 1.32. The van der Waals surface area contributed by atoms with Crippen molar-refractivity contribution in [2.24, 2.45) is 11.1 Å². The number of hydrogen-bond donors (Lipinski definition) is 0. The Bertz CT molecular complexity index is 796. The molecule has 0 N–H and O–H groups in total. The molecule has 2 aromatic carbocycles. The quantitative estimate of drug-likeness (QED) is 0.778. The van der Waals surface area contributed by atoms with Gasteiger partial charge in [-0.05, 0) is 16.7 Å². The fraction of sp³-hybridized carbons (Fsp3) is 0.333. The van der Waals surface area contributed by atoms with Crippen molar-refractivity contribution in [3.8, 4) is 0 Å². The molecule has 2 aliphatic heterocycles. The highest BCUT2D eigenvalue weighted by molar-refractivity contribution is 6.01. The molecule has 4 rings (SSSR count). The molecule has 134 valence electrons. The summed E-state index contributed by atoms with van der Waals surface area (Å²) in [7, 11) is 1.45. The van der Waals surface area contributed by atoms with Crippen molar-refractivity contribution >= 4 is 11.7 Å². The van der Waals surface area contributed by atoms with Crippen LogP contribution < -0.4 is 0 Å². The van der Waals surface area contributed by atoms with Crippen LogP contribution in [0.15, 0.2) is 59.8 Å². The van der Waals surface area contributed by atoms with E-state index in [0.29, 0.717) is 0 Å². The highest BCUT2D eigenvalue weighted by Gasteiger charge is 2.33. The van der Waals surface area contributed by atoms with Crippen LogP contribution in [0.5, 0.6) is 0 Å². The molecule has 0 amide bonds. The van der Waals surface area contributed by atoms with Crippen molar-refractivity contribution in [3.63, 3.8) is 0 Å².